The molecule has 3 aromatic rings. The SMILES string of the molecule is O=S(=O)(O)c1cccc2c(Cl)c3ccccc3c(Cl)c12.[LiH]. The monoisotopic (exact) mass is 334 g/mol. The Bertz CT molecular complexity index is 955. The molecule has 0 atom stereocenters. The Balaban J connectivity index is 0.00000161. The molecule has 0 heterocycles. The third-order valence-electron chi connectivity index (χ3n) is 3.16. The van der Waals surface area contributed by atoms with Gasteiger partial charge in [-0.15, -0.1) is 0 Å². The summed E-state index contributed by atoms with van der Waals surface area (Å²) in [6.07, 6.45) is 0. The standard InChI is InChI=1S/C14H8Cl2O3S.Li.H/c15-13-8-4-1-2-5-9(8)14(16)12-10(13)6-3-7-11(12)20(17,18)19;;/h1-7H,(H,17,18,19);;. The molecule has 0 fully saturated rings. The predicted octanol–water partition coefficient (Wildman–Crippen LogP) is 3.90. The van der Waals surface area contributed by atoms with E-state index in [1.807, 2.05) is 12.1 Å². The molecule has 21 heavy (non-hydrogen) atoms. The third kappa shape index (κ3) is 2.68. The van der Waals surface area contributed by atoms with Crippen LogP contribution in [0, 0.1) is 0 Å². The first kappa shape index (κ1) is 16.6. The van der Waals surface area contributed by atoms with E-state index in [4.69, 9.17) is 23.2 Å². The van der Waals surface area contributed by atoms with E-state index in [-0.39, 0.29) is 34.2 Å². The molecule has 0 saturated heterocycles. The summed E-state index contributed by atoms with van der Waals surface area (Å²) >= 11 is 12.7. The van der Waals surface area contributed by atoms with Gasteiger partial charge >= 0.3 is 18.9 Å². The van der Waals surface area contributed by atoms with Crippen LogP contribution in [0.3, 0.4) is 0 Å². The van der Waals surface area contributed by atoms with Gasteiger partial charge < -0.3 is 0 Å². The van der Waals surface area contributed by atoms with Gasteiger partial charge in [0.05, 0.1) is 10.0 Å². The van der Waals surface area contributed by atoms with Crippen molar-refractivity contribution in [3.8, 4) is 0 Å². The van der Waals surface area contributed by atoms with Crippen LogP contribution in [-0.4, -0.2) is 31.8 Å². The van der Waals surface area contributed by atoms with Crippen molar-refractivity contribution in [1.82, 2.24) is 0 Å². The average Bonchev–Trinajstić information content (AvgIpc) is 2.43. The van der Waals surface area contributed by atoms with Crippen LogP contribution >= 0.6 is 23.2 Å². The fourth-order valence-electron chi connectivity index (χ4n) is 2.30. The number of hydrogen-bond acceptors (Lipinski definition) is 2. The van der Waals surface area contributed by atoms with Gasteiger partial charge in [-0.3, -0.25) is 4.55 Å². The molecule has 3 rings (SSSR count). The molecule has 0 bridgehead atoms. The second kappa shape index (κ2) is 5.81. The molecule has 0 amide bonds. The van der Waals surface area contributed by atoms with E-state index in [0.29, 0.717) is 15.8 Å². The molecule has 7 heteroatoms. The molecule has 0 unspecified atom stereocenters. The maximum atomic E-state index is 11.5. The Hall–Kier alpha value is -0.733. The second-order valence-electron chi connectivity index (χ2n) is 4.33. The van der Waals surface area contributed by atoms with Crippen LogP contribution in [0.4, 0.5) is 0 Å². The number of fused-ring (bicyclic) bond motifs is 2. The maximum absolute atomic E-state index is 11.5. The molecule has 0 radical (unpaired) electrons. The van der Waals surface area contributed by atoms with E-state index in [1.165, 1.54) is 12.1 Å². The summed E-state index contributed by atoms with van der Waals surface area (Å²) in [6.45, 7) is 0. The molecule has 0 saturated carbocycles. The molecule has 0 spiro atoms. The van der Waals surface area contributed by atoms with Crippen molar-refractivity contribution < 1.29 is 13.0 Å². The first-order chi connectivity index (χ1) is 9.41. The number of halogens is 2. The van der Waals surface area contributed by atoms with E-state index in [2.05, 4.69) is 0 Å². The van der Waals surface area contributed by atoms with Gasteiger partial charge in [0, 0.05) is 21.5 Å². The molecule has 3 aromatic carbocycles. The Morgan fingerprint density at radius 3 is 1.90 bits per heavy atom. The van der Waals surface area contributed by atoms with Crippen LogP contribution in [0.25, 0.3) is 21.5 Å². The summed E-state index contributed by atoms with van der Waals surface area (Å²) in [6, 6.07) is 11.7. The summed E-state index contributed by atoms with van der Waals surface area (Å²) in [5.41, 5.74) is 0. The molecule has 3 nitrogen and oxygen atoms in total. The summed E-state index contributed by atoms with van der Waals surface area (Å²) in [5.74, 6) is 0. The normalized spacial score (nSPS) is 11.6. The van der Waals surface area contributed by atoms with Crippen molar-refractivity contribution in [1.29, 1.82) is 0 Å². The Labute approximate surface area is 143 Å². The van der Waals surface area contributed by atoms with Crippen LogP contribution in [0.15, 0.2) is 47.4 Å². The van der Waals surface area contributed by atoms with Gasteiger partial charge in [0.2, 0.25) is 0 Å². The van der Waals surface area contributed by atoms with E-state index in [1.54, 1.807) is 18.2 Å². The van der Waals surface area contributed by atoms with Crippen molar-refractivity contribution >= 4 is 73.7 Å². The zero-order chi connectivity index (χ0) is 14.5. The van der Waals surface area contributed by atoms with Gasteiger partial charge in [-0.2, -0.15) is 8.42 Å². The fraction of sp³-hybridized carbons (Fsp3) is 0. The van der Waals surface area contributed by atoms with Crippen LogP contribution in [0.5, 0.6) is 0 Å². The molecular weight excluding hydrogens is 326 g/mol. The molecule has 1 N–H and O–H groups in total. The van der Waals surface area contributed by atoms with Gasteiger partial charge in [-0.1, -0.05) is 59.6 Å². The minimum absolute atomic E-state index is 0. The molecule has 0 aromatic heterocycles. The predicted molar refractivity (Wildman–Crippen MR) is 88.4 cm³/mol. The van der Waals surface area contributed by atoms with E-state index >= 15 is 0 Å². The van der Waals surface area contributed by atoms with Crippen molar-refractivity contribution in [3.05, 3.63) is 52.5 Å². The molecule has 0 aliphatic heterocycles. The topological polar surface area (TPSA) is 54.4 Å². The Morgan fingerprint density at radius 1 is 0.810 bits per heavy atom. The van der Waals surface area contributed by atoms with Crippen LogP contribution in [0.2, 0.25) is 10.0 Å². The number of hydrogen-bond donors (Lipinski definition) is 1. The molecule has 0 aliphatic rings. The zero-order valence-electron chi connectivity index (χ0n) is 9.97. The van der Waals surface area contributed by atoms with Crippen molar-refractivity contribution in [2.45, 2.75) is 4.90 Å². The van der Waals surface area contributed by atoms with Crippen LogP contribution < -0.4 is 0 Å². The summed E-state index contributed by atoms with van der Waals surface area (Å²) < 4.78 is 32.3. The van der Waals surface area contributed by atoms with Crippen molar-refractivity contribution in [3.63, 3.8) is 0 Å². The van der Waals surface area contributed by atoms with Gasteiger partial charge in [0.15, 0.2) is 0 Å². The van der Waals surface area contributed by atoms with E-state index in [0.717, 1.165) is 5.39 Å². The third-order valence-corrected chi connectivity index (χ3v) is 4.86. The second-order valence-corrected chi connectivity index (χ2v) is 6.47. The van der Waals surface area contributed by atoms with Crippen LogP contribution in [0.1, 0.15) is 0 Å². The summed E-state index contributed by atoms with van der Waals surface area (Å²) in [5, 5.41) is 2.77. The summed E-state index contributed by atoms with van der Waals surface area (Å²) in [7, 11) is -4.38. The Morgan fingerprint density at radius 2 is 1.33 bits per heavy atom. The van der Waals surface area contributed by atoms with Crippen molar-refractivity contribution in [2.75, 3.05) is 0 Å². The molecular formula is C14H9Cl2LiO3S. The zero-order valence-corrected chi connectivity index (χ0v) is 12.3. The van der Waals surface area contributed by atoms with Gasteiger partial charge in [0.25, 0.3) is 10.1 Å². The minimum atomic E-state index is -4.38. The summed E-state index contributed by atoms with van der Waals surface area (Å²) in [4.78, 5) is -0.243. The van der Waals surface area contributed by atoms with Gasteiger partial charge in [-0.25, -0.2) is 0 Å². The van der Waals surface area contributed by atoms with Gasteiger partial charge in [-0.05, 0) is 6.07 Å². The van der Waals surface area contributed by atoms with E-state index in [9.17, 15) is 13.0 Å². The quantitative estimate of drug-likeness (QED) is 0.417. The molecule has 104 valence electrons. The first-order valence-electron chi connectivity index (χ1n) is 5.67. The van der Waals surface area contributed by atoms with E-state index < -0.39 is 10.1 Å². The van der Waals surface area contributed by atoms with Gasteiger partial charge in [0.1, 0.15) is 4.90 Å². The van der Waals surface area contributed by atoms with Crippen LogP contribution in [-0.2, 0) is 10.1 Å². The number of benzene rings is 3. The first-order valence-corrected chi connectivity index (χ1v) is 7.87. The van der Waals surface area contributed by atoms with Crippen molar-refractivity contribution in [2.24, 2.45) is 0 Å². The fourth-order valence-corrected chi connectivity index (χ4v) is 3.77. The molecule has 0 aliphatic carbocycles. The number of rotatable bonds is 1. The Kier molecular flexibility index (Phi) is 4.60. The average molecular weight is 335 g/mol.